The van der Waals surface area contributed by atoms with E-state index in [2.05, 4.69) is 10.4 Å². The number of anilines is 1. The van der Waals surface area contributed by atoms with E-state index in [1.54, 1.807) is 4.68 Å². The first-order valence-electron chi connectivity index (χ1n) is 4.97. The van der Waals surface area contributed by atoms with E-state index in [1.807, 2.05) is 0 Å². The first-order chi connectivity index (χ1) is 7.18. The smallest absolute Gasteiger partial charge is 0.356 e. The lowest BCUT2D eigenvalue weighted by atomic mass is 10.1. The van der Waals surface area contributed by atoms with E-state index in [-0.39, 0.29) is 11.7 Å². The summed E-state index contributed by atoms with van der Waals surface area (Å²) in [6.45, 7) is 1.85. The molecule has 1 fully saturated rings. The van der Waals surface area contributed by atoms with Gasteiger partial charge in [0.05, 0.1) is 6.04 Å². The number of carboxylic acids is 1. The number of nitrogen functional groups attached to an aromatic ring is 1. The number of piperidine rings is 1. The molecule has 1 aromatic heterocycles. The van der Waals surface area contributed by atoms with E-state index in [0.717, 1.165) is 25.9 Å². The Bertz CT molecular complexity index is 368. The van der Waals surface area contributed by atoms with Crippen LogP contribution < -0.4 is 11.1 Å². The van der Waals surface area contributed by atoms with Crippen molar-refractivity contribution in [1.29, 1.82) is 0 Å². The minimum absolute atomic E-state index is 0.0195. The van der Waals surface area contributed by atoms with Crippen LogP contribution in [-0.4, -0.2) is 33.9 Å². The Balaban J connectivity index is 2.22. The Morgan fingerprint density at radius 1 is 1.60 bits per heavy atom. The summed E-state index contributed by atoms with van der Waals surface area (Å²) in [7, 11) is 0. The molecule has 1 aliphatic heterocycles. The van der Waals surface area contributed by atoms with Gasteiger partial charge in [0.15, 0.2) is 5.69 Å². The van der Waals surface area contributed by atoms with E-state index < -0.39 is 5.97 Å². The van der Waals surface area contributed by atoms with Crippen LogP contribution in [-0.2, 0) is 0 Å². The Kier molecular flexibility index (Phi) is 2.59. The molecule has 0 radical (unpaired) electrons. The summed E-state index contributed by atoms with van der Waals surface area (Å²) in [6, 6.07) is 1.63. The first kappa shape index (κ1) is 9.97. The van der Waals surface area contributed by atoms with Gasteiger partial charge in [0.2, 0.25) is 0 Å². The van der Waals surface area contributed by atoms with E-state index in [4.69, 9.17) is 10.8 Å². The first-order valence-corrected chi connectivity index (χ1v) is 4.97. The van der Waals surface area contributed by atoms with Gasteiger partial charge in [-0.05, 0) is 25.9 Å². The lowest BCUT2D eigenvalue weighted by molar-refractivity contribution is 0.0689. The summed E-state index contributed by atoms with van der Waals surface area (Å²) < 4.78 is 1.63. The van der Waals surface area contributed by atoms with Crippen LogP contribution in [0.4, 0.5) is 5.82 Å². The fourth-order valence-corrected chi connectivity index (χ4v) is 1.86. The highest BCUT2D eigenvalue weighted by atomic mass is 16.4. The van der Waals surface area contributed by atoms with Crippen molar-refractivity contribution in [1.82, 2.24) is 15.1 Å². The van der Waals surface area contributed by atoms with Crippen molar-refractivity contribution in [3.63, 3.8) is 0 Å². The standard InChI is InChI=1S/C9H14N4O2/c10-8-5-7(9(14)15)12-13(8)6-1-3-11-4-2-6/h5-6,11H,1-4,10H2,(H,14,15). The molecule has 6 nitrogen and oxygen atoms in total. The molecule has 0 unspecified atom stereocenters. The molecule has 0 saturated carbocycles. The maximum atomic E-state index is 10.7. The topological polar surface area (TPSA) is 93.2 Å². The van der Waals surface area contributed by atoms with Crippen molar-refractivity contribution in [2.45, 2.75) is 18.9 Å². The lowest BCUT2D eigenvalue weighted by Crippen LogP contribution is -2.30. The molecule has 0 aliphatic carbocycles. The molecular weight excluding hydrogens is 196 g/mol. The quantitative estimate of drug-likeness (QED) is 0.643. The summed E-state index contributed by atoms with van der Waals surface area (Å²) in [5.74, 6) is -0.603. The SMILES string of the molecule is Nc1cc(C(=O)O)nn1C1CCNCC1. The van der Waals surface area contributed by atoms with Gasteiger partial charge in [-0.2, -0.15) is 5.10 Å². The molecular formula is C9H14N4O2. The van der Waals surface area contributed by atoms with Gasteiger partial charge >= 0.3 is 5.97 Å². The molecule has 0 bridgehead atoms. The molecule has 1 aliphatic rings. The molecule has 15 heavy (non-hydrogen) atoms. The van der Waals surface area contributed by atoms with Gasteiger partial charge in [-0.1, -0.05) is 0 Å². The Morgan fingerprint density at radius 2 is 2.27 bits per heavy atom. The summed E-state index contributed by atoms with van der Waals surface area (Å²) in [6.07, 6.45) is 1.87. The predicted molar refractivity (Wildman–Crippen MR) is 54.7 cm³/mol. The van der Waals surface area contributed by atoms with Crippen LogP contribution in [0.15, 0.2) is 6.07 Å². The van der Waals surface area contributed by atoms with E-state index >= 15 is 0 Å². The van der Waals surface area contributed by atoms with Gasteiger partial charge in [-0.3, -0.25) is 0 Å². The van der Waals surface area contributed by atoms with Gasteiger partial charge in [0.25, 0.3) is 0 Å². The van der Waals surface area contributed by atoms with Crippen molar-refractivity contribution in [2.75, 3.05) is 18.8 Å². The number of hydrogen-bond acceptors (Lipinski definition) is 4. The summed E-state index contributed by atoms with van der Waals surface area (Å²) in [5.41, 5.74) is 5.75. The summed E-state index contributed by atoms with van der Waals surface area (Å²) >= 11 is 0. The van der Waals surface area contributed by atoms with Crippen molar-refractivity contribution < 1.29 is 9.90 Å². The Labute approximate surface area is 87.1 Å². The second-order valence-corrected chi connectivity index (χ2v) is 3.69. The molecule has 2 heterocycles. The molecule has 0 amide bonds. The van der Waals surface area contributed by atoms with Crippen LogP contribution >= 0.6 is 0 Å². The minimum atomic E-state index is -1.03. The molecule has 1 aromatic rings. The molecule has 0 atom stereocenters. The van der Waals surface area contributed by atoms with Gasteiger partial charge in [-0.25, -0.2) is 9.48 Å². The van der Waals surface area contributed by atoms with Crippen LogP contribution in [0, 0.1) is 0 Å². The molecule has 0 spiro atoms. The number of nitrogens with two attached hydrogens (primary N) is 1. The van der Waals surface area contributed by atoms with Gasteiger partial charge < -0.3 is 16.2 Å². The molecule has 6 heteroatoms. The highest BCUT2D eigenvalue weighted by molar-refractivity contribution is 5.86. The van der Waals surface area contributed by atoms with Crippen LogP contribution in [0.2, 0.25) is 0 Å². The monoisotopic (exact) mass is 210 g/mol. The zero-order chi connectivity index (χ0) is 10.8. The third-order valence-corrected chi connectivity index (χ3v) is 2.64. The van der Waals surface area contributed by atoms with Crippen LogP contribution in [0.3, 0.4) is 0 Å². The van der Waals surface area contributed by atoms with Gasteiger partial charge in [0, 0.05) is 6.07 Å². The molecule has 2 rings (SSSR count). The Morgan fingerprint density at radius 3 is 2.80 bits per heavy atom. The van der Waals surface area contributed by atoms with Crippen molar-refractivity contribution in [2.24, 2.45) is 0 Å². The number of rotatable bonds is 2. The number of hydrogen-bond donors (Lipinski definition) is 3. The fraction of sp³-hybridized carbons (Fsp3) is 0.556. The van der Waals surface area contributed by atoms with Crippen LogP contribution in [0.5, 0.6) is 0 Å². The molecule has 4 N–H and O–H groups in total. The third kappa shape index (κ3) is 1.94. The van der Waals surface area contributed by atoms with Gasteiger partial charge in [0.1, 0.15) is 5.82 Å². The maximum absolute atomic E-state index is 10.7. The lowest BCUT2D eigenvalue weighted by Gasteiger charge is -2.23. The van der Waals surface area contributed by atoms with E-state index in [0.29, 0.717) is 5.82 Å². The summed E-state index contributed by atoms with van der Waals surface area (Å²) in [5, 5.41) is 16.0. The highest BCUT2D eigenvalue weighted by Crippen LogP contribution is 2.21. The third-order valence-electron chi connectivity index (χ3n) is 2.64. The maximum Gasteiger partial charge on any atom is 0.356 e. The Hall–Kier alpha value is -1.56. The van der Waals surface area contributed by atoms with Crippen molar-refractivity contribution in [3.05, 3.63) is 11.8 Å². The van der Waals surface area contributed by atoms with Gasteiger partial charge in [-0.15, -0.1) is 0 Å². The van der Waals surface area contributed by atoms with Crippen LogP contribution in [0.1, 0.15) is 29.4 Å². The largest absolute Gasteiger partial charge is 0.476 e. The average Bonchev–Trinajstić information content (AvgIpc) is 2.62. The van der Waals surface area contributed by atoms with Crippen LogP contribution in [0.25, 0.3) is 0 Å². The van der Waals surface area contributed by atoms with Crippen molar-refractivity contribution >= 4 is 11.8 Å². The number of aromatic carboxylic acids is 1. The molecule has 0 aromatic carbocycles. The number of carbonyl (C=O) groups is 1. The van der Waals surface area contributed by atoms with Crippen molar-refractivity contribution in [3.8, 4) is 0 Å². The summed E-state index contributed by atoms with van der Waals surface area (Å²) in [4.78, 5) is 10.7. The number of nitrogens with one attached hydrogen (secondary N) is 1. The molecule has 1 saturated heterocycles. The zero-order valence-electron chi connectivity index (χ0n) is 8.31. The predicted octanol–water partition coefficient (Wildman–Crippen LogP) is 0.0880. The van der Waals surface area contributed by atoms with E-state index in [1.165, 1.54) is 6.07 Å². The second-order valence-electron chi connectivity index (χ2n) is 3.69. The number of nitrogens with zero attached hydrogens (tertiary/aromatic N) is 2. The second kappa shape index (κ2) is 3.90. The highest BCUT2D eigenvalue weighted by Gasteiger charge is 2.20. The number of aromatic nitrogens is 2. The fourth-order valence-electron chi connectivity index (χ4n) is 1.86. The minimum Gasteiger partial charge on any atom is -0.476 e. The molecule has 82 valence electrons. The van der Waals surface area contributed by atoms with E-state index in [9.17, 15) is 4.79 Å². The average molecular weight is 210 g/mol. The number of carboxylic acid groups (broad SMARTS) is 1. The normalized spacial score (nSPS) is 17.9. The zero-order valence-corrected chi connectivity index (χ0v) is 8.31.